The van der Waals surface area contributed by atoms with E-state index >= 15 is 0 Å². The largest absolute Gasteiger partial charge is 0.496 e. The van der Waals surface area contributed by atoms with E-state index in [1.54, 1.807) is 30.3 Å². The first-order chi connectivity index (χ1) is 8.74. The van der Waals surface area contributed by atoms with Crippen molar-refractivity contribution in [3.05, 3.63) is 58.9 Å². The van der Waals surface area contributed by atoms with E-state index < -0.39 is 0 Å². The number of methoxy groups -OCH3 is 1. The van der Waals surface area contributed by atoms with Gasteiger partial charge in [-0.3, -0.25) is 14.6 Å². The first-order valence-electron chi connectivity index (χ1n) is 5.45. The molecule has 0 saturated carbocycles. The Balaban J connectivity index is 2.34. The van der Waals surface area contributed by atoms with Gasteiger partial charge in [-0.05, 0) is 18.2 Å². The second-order valence-electron chi connectivity index (χ2n) is 3.94. The Hall–Kier alpha value is -2.49. The first kappa shape index (κ1) is 10.7. The van der Waals surface area contributed by atoms with Crippen molar-refractivity contribution >= 4 is 11.6 Å². The molecule has 0 bridgehead atoms. The van der Waals surface area contributed by atoms with Gasteiger partial charge in [-0.15, -0.1) is 0 Å². The fraction of sp³-hybridized carbons (Fsp3) is 0.0714. The SMILES string of the molecule is COc1cccc2c1C(=O)c1ncccc1C2=O. The molecular formula is C14H9NO3. The number of pyridine rings is 1. The van der Waals surface area contributed by atoms with Crippen LogP contribution in [-0.2, 0) is 0 Å². The van der Waals surface area contributed by atoms with Crippen LogP contribution in [0.25, 0.3) is 0 Å². The number of aromatic nitrogens is 1. The molecule has 0 saturated heterocycles. The van der Waals surface area contributed by atoms with E-state index in [0.29, 0.717) is 22.4 Å². The lowest BCUT2D eigenvalue weighted by Gasteiger charge is -2.18. The summed E-state index contributed by atoms with van der Waals surface area (Å²) in [7, 11) is 1.47. The molecule has 1 heterocycles. The summed E-state index contributed by atoms with van der Waals surface area (Å²) in [6, 6.07) is 8.26. The van der Waals surface area contributed by atoms with Gasteiger partial charge in [-0.25, -0.2) is 0 Å². The third-order valence-electron chi connectivity index (χ3n) is 2.99. The predicted octanol–water partition coefficient (Wildman–Crippen LogP) is 1.87. The lowest BCUT2D eigenvalue weighted by Crippen LogP contribution is -2.22. The van der Waals surface area contributed by atoms with E-state index in [2.05, 4.69) is 4.98 Å². The topological polar surface area (TPSA) is 56.3 Å². The van der Waals surface area contributed by atoms with Crippen LogP contribution in [0.3, 0.4) is 0 Å². The molecule has 1 aliphatic carbocycles. The number of nitrogens with zero attached hydrogens (tertiary/aromatic N) is 1. The van der Waals surface area contributed by atoms with E-state index in [4.69, 9.17) is 4.74 Å². The zero-order chi connectivity index (χ0) is 12.7. The van der Waals surface area contributed by atoms with Crippen molar-refractivity contribution in [1.29, 1.82) is 0 Å². The summed E-state index contributed by atoms with van der Waals surface area (Å²) in [6.07, 6.45) is 1.50. The highest BCUT2D eigenvalue weighted by molar-refractivity contribution is 6.28. The van der Waals surface area contributed by atoms with Crippen LogP contribution < -0.4 is 4.74 Å². The zero-order valence-electron chi connectivity index (χ0n) is 9.64. The Kier molecular flexibility index (Phi) is 2.23. The molecule has 0 radical (unpaired) electrons. The molecule has 0 unspecified atom stereocenters. The summed E-state index contributed by atoms with van der Waals surface area (Å²) in [5.74, 6) is -0.0496. The molecule has 0 spiro atoms. The fourth-order valence-electron chi connectivity index (χ4n) is 2.16. The van der Waals surface area contributed by atoms with Crippen molar-refractivity contribution in [3.63, 3.8) is 0 Å². The molecule has 0 amide bonds. The second kappa shape index (κ2) is 3.77. The van der Waals surface area contributed by atoms with E-state index in [-0.39, 0.29) is 17.3 Å². The van der Waals surface area contributed by atoms with Gasteiger partial charge in [0.25, 0.3) is 0 Å². The van der Waals surface area contributed by atoms with Crippen molar-refractivity contribution in [2.45, 2.75) is 0 Å². The Bertz CT molecular complexity index is 676. The van der Waals surface area contributed by atoms with Gasteiger partial charge in [-0.1, -0.05) is 12.1 Å². The summed E-state index contributed by atoms with van der Waals surface area (Å²) >= 11 is 0. The average molecular weight is 239 g/mol. The minimum atomic E-state index is -0.266. The molecule has 2 aromatic rings. The highest BCUT2D eigenvalue weighted by Crippen LogP contribution is 2.31. The smallest absolute Gasteiger partial charge is 0.216 e. The van der Waals surface area contributed by atoms with Crippen molar-refractivity contribution in [3.8, 4) is 5.75 Å². The Labute approximate surface area is 103 Å². The quantitative estimate of drug-likeness (QED) is 0.650. The Morgan fingerprint density at radius 3 is 2.56 bits per heavy atom. The maximum atomic E-state index is 12.3. The summed E-state index contributed by atoms with van der Waals surface area (Å²) in [5.41, 5.74) is 1.22. The van der Waals surface area contributed by atoms with Crippen molar-refractivity contribution in [2.75, 3.05) is 7.11 Å². The van der Waals surface area contributed by atoms with Gasteiger partial charge in [0, 0.05) is 11.8 Å². The summed E-state index contributed by atoms with van der Waals surface area (Å²) in [4.78, 5) is 28.6. The third-order valence-corrected chi connectivity index (χ3v) is 2.99. The summed E-state index contributed by atoms with van der Waals surface area (Å²) in [6.45, 7) is 0. The van der Waals surface area contributed by atoms with Crippen molar-refractivity contribution in [2.24, 2.45) is 0 Å². The predicted molar refractivity (Wildman–Crippen MR) is 64.1 cm³/mol. The molecule has 3 rings (SSSR count). The molecule has 0 N–H and O–H groups in total. The number of ketones is 2. The van der Waals surface area contributed by atoms with Gasteiger partial charge in [0.15, 0.2) is 5.78 Å². The van der Waals surface area contributed by atoms with Crippen LogP contribution in [-0.4, -0.2) is 23.7 Å². The lowest BCUT2D eigenvalue weighted by molar-refractivity contribution is 0.0972. The van der Waals surface area contributed by atoms with Crippen LogP contribution in [0.1, 0.15) is 32.0 Å². The van der Waals surface area contributed by atoms with Crippen LogP contribution in [0, 0.1) is 0 Å². The van der Waals surface area contributed by atoms with Crippen LogP contribution in [0.2, 0.25) is 0 Å². The number of hydrogen-bond acceptors (Lipinski definition) is 4. The van der Waals surface area contributed by atoms with E-state index in [1.807, 2.05) is 0 Å². The van der Waals surface area contributed by atoms with Crippen LogP contribution in [0.4, 0.5) is 0 Å². The molecule has 0 aliphatic heterocycles. The number of carbonyl (C=O) groups excluding carboxylic acids is 2. The molecule has 4 nitrogen and oxygen atoms in total. The van der Waals surface area contributed by atoms with Crippen LogP contribution in [0.5, 0.6) is 5.75 Å². The molecule has 0 fully saturated rings. The first-order valence-corrected chi connectivity index (χ1v) is 5.45. The van der Waals surface area contributed by atoms with E-state index in [0.717, 1.165) is 0 Å². The van der Waals surface area contributed by atoms with Gasteiger partial charge in [0.2, 0.25) is 5.78 Å². The molecule has 0 atom stereocenters. The normalized spacial score (nSPS) is 12.9. The van der Waals surface area contributed by atoms with Gasteiger partial charge < -0.3 is 4.74 Å². The van der Waals surface area contributed by atoms with Crippen LogP contribution >= 0.6 is 0 Å². The molecule has 1 aromatic heterocycles. The summed E-state index contributed by atoms with van der Waals surface area (Å²) < 4.78 is 5.15. The monoisotopic (exact) mass is 239 g/mol. The number of rotatable bonds is 1. The highest BCUT2D eigenvalue weighted by Gasteiger charge is 2.32. The number of fused-ring (bicyclic) bond motifs is 2. The van der Waals surface area contributed by atoms with Gasteiger partial charge in [0.1, 0.15) is 11.4 Å². The molecule has 1 aliphatic rings. The number of carbonyl (C=O) groups is 2. The fourth-order valence-corrected chi connectivity index (χ4v) is 2.16. The van der Waals surface area contributed by atoms with Crippen LogP contribution in [0.15, 0.2) is 36.5 Å². The molecular weight excluding hydrogens is 230 g/mol. The number of benzene rings is 1. The van der Waals surface area contributed by atoms with Gasteiger partial charge in [-0.2, -0.15) is 0 Å². The lowest BCUT2D eigenvalue weighted by atomic mass is 9.86. The molecule has 4 heteroatoms. The van der Waals surface area contributed by atoms with Crippen molar-refractivity contribution < 1.29 is 14.3 Å². The second-order valence-corrected chi connectivity index (χ2v) is 3.94. The molecule has 1 aromatic carbocycles. The third kappa shape index (κ3) is 1.29. The Morgan fingerprint density at radius 1 is 1.00 bits per heavy atom. The number of ether oxygens (including phenoxy) is 1. The number of hydrogen-bond donors (Lipinski definition) is 0. The van der Waals surface area contributed by atoms with Gasteiger partial charge >= 0.3 is 0 Å². The molecule has 18 heavy (non-hydrogen) atoms. The van der Waals surface area contributed by atoms with E-state index in [9.17, 15) is 9.59 Å². The highest BCUT2D eigenvalue weighted by atomic mass is 16.5. The standard InChI is InChI=1S/C14H9NO3/c1-18-10-6-2-4-8-11(10)14(17)12-9(13(8)16)5-3-7-15-12/h2-7H,1H3. The molecule has 88 valence electrons. The average Bonchev–Trinajstić information content (AvgIpc) is 2.44. The minimum absolute atomic E-state index is 0.188. The van der Waals surface area contributed by atoms with Gasteiger partial charge in [0.05, 0.1) is 18.2 Å². The maximum absolute atomic E-state index is 12.3. The minimum Gasteiger partial charge on any atom is -0.496 e. The van der Waals surface area contributed by atoms with Crippen molar-refractivity contribution in [1.82, 2.24) is 4.98 Å². The zero-order valence-corrected chi connectivity index (χ0v) is 9.64. The summed E-state index contributed by atoms with van der Waals surface area (Å²) in [5, 5.41) is 0. The Morgan fingerprint density at radius 2 is 1.78 bits per heavy atom. The maximum Gasteiger partial charge on any atom is 0.216 e. The van der Waals surface area contributed by atoms with E-state index in [1.165, 1.54) is 13.3 Å².